The van der Waals surface area contributed by atoms with E-state index in [1.807, 2.05) is 43.0 Å². The molecule has 0 bridgehead atoms. The van der Waals surface area contributed by atoms with E-state index < -0.39 is 0 Å². The normalized spacial score (nSPS) is 14.2. The first-order valence-corrected chi connectivity index (χ1v) is 9.66. The van der Waals surface area contributed by atoms with Crippen LogP contribution in [0, 0.1) is 13.8 Å². The summed E-state index contributed by atoms with van der Waals surface area (Å²) in [6, 6.07) is 8.04. The highest BCUT2D eigenvalue weighted by atomic mass is 16.5. The Bertz CT molecular complexity index is 887. The fraction of sp³-hybridized carbons (Fsp3) is 0.476. The highest BCUT2D eigenvalue weighted by molar-refractivity contribution is 5.76. The Kier molecular flexibility index (Phi) is 6.46. The maximum Gasteiger partial charge on any atom is 0.255 e. The molecule has 1 aliphatic rings. The lowest BCUT2D eigenvalue weighted by Gasteiger charge is -2.27. The van der Waals surface area contributed by atoms with Gasteiger partial charge in [0.25, 0.3) is 5.56 Å². The van der Waals surface area contributed by atoms with Gasteiger partial charge in [0.15, 0.2) is 0 Å². The number of nitrogens with zero attached hydrogens (tertiary/aromatic N) is 3. The quantitative estimate of drug-likeness (QED) is 0.822. The number of amides is 1. The highest BCUT2D eigenvalue weighted by Gasteiger charge is 2.17. The number of hydrogen-bond donors (Lipinski definition) is 1. The molecule has 150 valence electrons. The maximum atomic E-state index is 12.5. The topological polar surface area (TPSA) is 78.5 Å². The number of benzene rings is 1. The number of carbonyl (C=O) groups excluding carboxylic acids is 1. The van der Waals surface area contributed by atoms with Crippen LogP contribution in [0.5, 0.6) is 0 Å². The number of ether oxygens (including phenoxy) is 1. The van der Waals surface area contributed by atoms with Crippen LogP contribution >= 0.6 is 0 Å². The fourth-order valence-corrected chi connectivity index (χ4v) is 3.37. The molecular formula is C21H28N4O3. The van der Waals surface area contributed by atoms with E-state index in [0.29, 0.717) is 56.5 Å². The van der Waals surface area contributed by atoms with Gasteiger partial charge in [-0.15, -0.1) is 0 Å². The zero-order valence-corrected chi connectivity index (χ0v) is 16.8. The van der Waals surface area contributed by atoms with Crippen LogP contribution in [0.25, 0.3) is 0 Å². The number of hydrogen-bond acceptors (Lipinski definition) is 5. The summed E-state index contributed by atoms with van der Waals surface area (Å²) in [5.74, 6) is 0.594. The molecule has 0 atom stereocenters. The maximum absolute atomic E-state index is 12.5. The van der Waals surface area contributed by atoms with Gasteiger partial charge in [-0.05, 0) is 31.4 Å². The minimum atomic E-state index is -0.164. The van der Waals surface area contributed by atoms with Crippen molar-refractivity contribution in [2.75, 3.05) is 38.3 Å². The van der Waals surface area contributed by atoms with E-state index >= 15 is 0 Å². The summed E-state index contributed by atoms with van der Waals surface area (Å²) in [7, 11) is 1.80. The van der Waals surface area contributed by atoms with Gasteiger partial charge in [-0.25, -0.2) is 4.98 Å². The first kappa shape index (κ1) is 20.1. The van der Waals surface area contributed by atoms with E-state index in [9.17, 15) is 9.59 Å². The molecule has 2 aromatic rings. The van der Waals surface area contributed by atoms with Crippen LogP contribution < -0.4 is 10.5 Å². The molecule has 0 saturated carbocycles. The van der Waals surface area contributed by atoms with Gasteiger partial charge < -0.3 is 14.5 Å². The van der Waals surface area contributed by atoms with Crippen molar-refractivity contribution in [2.24, 2.45) is 0 Å². The molecule has 3 rings (SSSR count). The van der Waals surface area contributed by atoms with Crippen LogP contribution in [-0.2, 0) is 22.5 Å². The summed E-state index contributed by atoms with van der Waals surface area (Å²) in [5, 5.41) is 0. The van der Waals surface area contributed by atoms with Crippen LogP contribution in [0.3, 0.4) is 0 Å². The molecule has 2 heterocycles. The number of morpholine rings is 1. The third kappa shape index (κ3) is 4.78. The monoisotopic (exact) mass is 384 g/mol. The lowest BCUT2D eigenvalue weighted by molar-refractivity contribution is -0.130. The van der Waals surface area contributed by atoms with Gasteiger partial charge in [0.1, 0.15) is 0 Å². The van der Waals surface area contributed by atoms with Crippen LogP contribution in [0.1, 0.15) is 28.8 Å². The van der Waals surface area contributed by atoms with Gasteiger partial charge in [-0.1, -0.05) is 24.3 Å². The summed E-state index contributed by atoms with van der Waals surface area (Å²) in [4.78, 5) is 36.2. The Morgan fingerprint density at radius 1 is 1.25 bits per heavy atom. The number of nitrogens with one attached hydrogen (secondary N) is 1. The second-order valence-electron chi connectivity index (χ2n) is 7.23. The Hall–Kier alpha value is -2.67. The van der Waals surface area contributed by atoms with Crippen LogP contribution in [0.15, 0.2) is 29.1 Å². The molecule has 1 fully saturated rings. The summed E-state index contributed by atoms with van der Waals surface area (Å²) >= 11 is 0. The van der Waals surface area contributed by atoms with Crippen molar-refractivity contribution in [2.45, 2.75) is 33.2 Å². The molecule has 1 amide bonds. The molecule has 7 heteroatoms. The van der Waals surface area contributed by atoms with Gasteiger partial charge in [-0.2, -0.15) is 0 Å². The summed E-state index contributed by atoms with van der Waals surface area (Å²) in [6.45, 7) is 7.12. The molecule has 1 N–H and O–H groups in total. The Labute approximate surface area is 165 Å². The van der Waals surface area contributed by atoms with Gasteiger partial charge in [0, 0.05) is 44.4 Å². The second-order valence-corrected chi connectivity index (χ2v) is 7.23. The molecule has 7 nitrogen and oxygen atoms in total. The lowest BCUT2D eigenvalue weighted by Crippen LogP contribution is -2.38. The third-order valence-corrected chi connectivity index (χ3v) is 5.20. The lowest BCUT2D eigenvalue weighted by atomic mass is 10.1. The number of H-pyrrole nitrogens is 1. The van der Waals surface area contributed by atoms with Crippen LogP contribution in [0.4, 0.5) is 5.95 Å². The molecular weight excluding hydrogens is 356 g/mol. The Balaban J connectivity index is 1.62. The van der Waals surface area contributed by atoms with E-state index in [4.69, 9.17) is 4.74 Å². The molecule has 0 unspecified atom stereocenters. The second kappa shape index (κ2) is 9.01. The van der Waals surface area contributed by atoms with Crippen molar-refractivity contribution in [1.29, 1.82) is 0 Å². The van der Waals surface area contributed by atoms with E-state index in [-0.39, 0.29) is 17.9 Å². The number of anilines is 1. The van der Waals surface area contributed by atoms with E-state index in [2.05, 4.69) is 9.97 Å². The van der Waals surface area contributed by atoms with Gasteiger partial charge >= 0.3 is 0 Å². The predicted octanol–water partition coefficient (Wildman–Crippen LogP) is 1.81. The zero-order valence-electron chi connectivity index (χ0n) is 16.8. The minimum absolute atomic E-state index is 0.0132. The number of aromatic amines is 1. The number of carbonyl (C=O) groups is 1. The SMILES string of the molecule is Cc1ccccc1CN(C)C(=O)CCc1c(C)nc(N2CCOCC2)[nH]c1=O. The molecule has 0 spiro atoms. The largest absolute Gasteiger partial charge is 0.378 e. The highest BCUT2D eigenvalue weighted by Crippen LogP contribution is 2.13. The molecule has 1 saturated heterocycles. The Morgan fingerprint density at radius 2 is 1.96 bits per heavy atom. The van der Waals surface area contributed by atoms with Crippen molar-refractivity contribution in [3.8, 4) is 0 Å². The standard InChI is InChI=1S/C21H28N4O3/c1-15-6-4-5-7-17(15)14-24(3)19(26)9-8-18-16(2)22-21(23-20(18)27)25-10-12-28-13-11-25/h4-7H,8-14H2,1-3H3,(H,22,23,27). The average Bonchev–Trinajstić information content (AvgIpc) is 2.69. The van der Waals surface area contributed by atoms with Gasteiger partial charge in [-0.3, -0.25) is 14.6 Å². The zero-order chi connectivity index (χ0) is 20.1. The molecule has 0 radical (unpaired) electrons. The number of rotatable bonds is 6. The number of aryl methyl sites for hydroxylation is 2. The van der Waals surface area contributed by atoms with Crippen molar-refractivity contribution < 1.29 is 9.53 Å². The van der Waals surface area contributed by atoms with Crippen LogP contribution in [0.2, 0.25) is 0 Å². The predicted molar refractivity (Wildman–Crippen MR) is 109 cm³/mol. The average molecular weight is 384 g/mol. The third-order valence-electron chi connectivity index (χ3n) is 5.20. The minimum Gasteiger partial charge on any atom is -0.378 e. The van der Waals surface area contributed by atoms with Gasteiger partial charge in [0.2, 0.25) is 11.9 Å². The smallest absolute Gasteiger partial charge is 0.255 e. The molecule has 1 aromatic heterocycles. The van der Waals surface area contributed by atoms with Crippen molar-refractivity contribution in [3.05, 3.63) is 57.0 Å². The molecule has 1 aromatic carbocycles. The summed E-state index contributed by atoms with van der Waals surface area (Å²) in [5.41, 5.74) is 3.39. The first-order chi connectivity index (χ1) is 13.5. The molecule has 0 aliphatic carbocycles. The first-order valence-electron chi connectivity index (χ1n) is 9.66. The fourth-order valence-electron chi connectivity index (χ4n) is 3.37. The number of aromatic nitrogens is 2. The van der Waals surface area contributed by atoms with E-state index in [1.165, 1.54) is 0 Å². The Morgan fingerprint density at radius 3 is 2.64 bits per heavy atom. The van der Waals surface area contributed by atoms with Gasteiger partial charge in [0.05, 0.1) is 13.2 Å². The summed E-state index contributed by atoms with van der Waals surface area (Å²) < 4.78 is 5.34. The van der Waals surface area contributed by atoms with Crippen LogP contribution in [-0.4, -0.2) is 54.1 Å². The van der Waals surface area contributed by atoms with E-state index in [0.717, 1.165) is 11.1 Å². The molecule has 28 heavy (non-hydrogen) atoms. The summed E-state index contributed by atoms with van der Waals surface area (Å²) in [6.07, 6.45) is 0.666. The molecule has 1 aliphatic heterocycles. The van der Waals surface area contributed by atoms with E-state index in [1.54, 1.807) is 11.9 Å². The van der Waals surface area contributed by atoms with Crippen molar-refractivity contribution >= 4 is 11.9 Å². The van der Waals surface area contributed by atoms with Crippen molar-refractivity contribution in [3.63, 3.8) is 0 Å². The van der Waals surface area contributed by atoms with Crippen molar-refractivity contribution in [1.82, 2.24) is 14.9 Å².